The molecule has 130 valence electrons. The Kier molecular flexibility index (Phi) is 5.53. The molecule has 25 heavy (non-hydrogen) atoms. The molecule has 6 nitrogen and oxygen atoms in total. The molecule has 0 bridgehead atoms. The van der Waals surface area contributed by atoms with Gasteiger partial charge in [0.2, 0.25) is 0 Å². The van der Waals surface area contributed by atoms with Crippen LogP contribution in [0.2, 0.25) is 5.02 Å². The molecule has 0 unspecified atom stereocenters. The van der Waals surface area contributed by atoms with Gasteiger partial charge >= 0.3 is 6.03 Å². The van der Waals surface area contributed by atoms with Gasteiger partial charge in [0.1, 0.15) is 0 Å². The molecule has 1 saturated heterocycles. The molecule has 0 radical (unpaired) electrons. The summed E-state index contributed by atoms with van der Waals surface area (Å²) in [4.78, 5) is 26.6. The van der Waals surface area contributed by atoms with E-state index in [4.69, 9.17) is 16.3 Å². The average Bonchev–Trinajstić information content (AvgIpc) is 2.62. The van der Waals surface area contributed by atoms with Crippen molar-refractivity contribution in [1.29, 1.82) is 0 Å². The number of hydrogen-bond donors (Lipinski definition) is 2. The first-order chi connectivity index (χ1) is 12.1. The first-order valence-corrected chi connectivity index (χ1v) is 8.31. The number of para-hydroxylation sites is 1. The first kappa shape index (κ1) is 17.3. The molecule has 0 saturated carbocycles. The van der Waals surface area contributed by atoms with Crippen molar-refractivity contribution < 1.29 is 14.3 Å². The second-order valence-electron chi connectivity index (χ2n) is 5.54. The molecule has 2 N–H and O–H groups in total. The van der Waals surface area contributed by atoms with Crippen LogP contribution < -0.4 is 10.6 Å². The Morgan fingerprint density at radius 1 is 1.00 bits per heavy atom. The largest absolute Gasteiger partial charge is 0.378 e. The molecule has 0 aliphatic carbocycles. The first-order valence-electron chi connectivity index (χ1n) is 7.93. The van der Waals surface area contributed by atoms with Gasteiger partial charge in [0.25, 0.3) is 5.91 Å². The summed E-state index contributed by atoms with van der Waals surface area (Å²) in [6, 6.07) is 13.3. The summed E-state index contributed by atoms with van der Waals surface area (Å²) in [7, 11) is 0. The predicted molar refractivity (Wildman–Crippen MR) is 97.3 cm³/mol. The second kappa shape index (κ2) is 8.00. The summed E-state index contributed by atoms with van der Waals surface area (Å²) < 4.78 is 5.27. The summed E-state index contributed by atoms with van der Waals surface area (Å²) in [6.45, 7) is 2.14. The lowest BCUT2D eigenvalue weighted by Crippen LogP contribution is -2.41. The van der Waals surface area contributed by atoms with E-state index in [1.165, 1.54) is 0 Å². The Morgan fingerprint density at radius 3 is 2.52 bits per heavy atom. The zero-order valence-corrected chi connectivity index (χ0v) is 14.3. The van der Waals surface area contributed by atoms with Crippen molar-refractivity contribution in [3.05, 3.63) is 59.1 Å². The van der Waals surface area contributed by atoms with E-state index in [1.54, 1.807) is 53.4 Å². The van der Waals surface area contributed by atoms with E-state index in [9.17, 15) is 9.59 Å². The van der Waals surface area contributed by atoms with Crippen LogP contribution in [0.15, 0.2) is 48.5 Å². The third kappa shape index (κ3) is 4.49. The Balaban J connectivity index is 1.72. The van der Waals surface area contributed by atoms with E-state index in [-0.39, 0.29) is 5.91 Å². The molecule has 1 aliphatic heterocycles. The Hall–Kier alpha value is -2.57. The third-order valence-electron chi connectivity index (χ3n) is 3.79. The van der Waals surface area contributed by atoms with Gasteiger partial charge in [-0.25, -0.2) is 4.79 Å². The van der Waals surface area contributed by atoms with Crippen LogP contribution in [0.5, 0.6) is 0 Å². The molecular weight excluding hydrogens is 342 g/mol. The van der Waals surface area contributed by atoms with E-state index < -0.39 is 6.03 Å². The van der Waals surface area contributed by atoms with Gasteiger partial charge in [0.05, 0.1) is 24.5 Å². The number of ether oxygens (including phenoxy) is 1. The number of amides is 3. The van der Waals surface area contributed by atoms with Crippen LogP contribution in [-0.2, 0) is 4.74 Å². The molecule has 1 aliphatic rings. The molecule has 0 atom stereocenters. The van der Waals surface area contributed by atoms with E-state index in [0.717, 1.165) is 0 Å². The highest BCUT2D eigenvalue weighted by Gasteiger charge is 2.21. The fourth-order valence-electron chi connectivity index (χ4n) is 2.57. The Labute approximate surface area is 150 Å². The third-order valence-corrected chi connectivity index (χ3v) is 4.02. The number of hydrogen-bond acceptors (Lipinski definition) is 3. The molecule has 0 spiro atoms. The molecule has 0 aromatic heterocycles. The lowest BCUT2D eigenvalue weighted by Gasteiger charge is -2.27. The zero-order chi connectivity index (χ0) is 17.6. The van der Waals surface area contributed by atoms with Crippen molar-refractivity contribution in [1.82, 2.24) is 4.90 Å². The molecule has 2 aromatic rings. The van der Waals surface area contributed by atoms with E-state index in [1.807, 2.05) is 0 Å². The number of carbonyl (C=O) groups is 2. The normalized spacial score (nSPS) is 14.0. The molecule has 1 heterocycles. The number of benzene rings is 2. The number of carbonyl (C=O) groups excluding carboxylic acids is 2. The number of morpholine rings is 1. The van der Waals surface area contributed by atoms with Crippen LogP contribution in [0.25, 0.3) is 0 Å². The van der Waals surface area contributed by atoms with Gasteiger partial charge in [-0.15, -0.1) is 0 Å². The Bertz CT molecular complexity index is 776. The average molecular weight is 360 g/mol. The van der Waals surface area contributed by atoms with Crippen molar-refractivity contribution >= 4 is 34.9 Å². The molecule has 7 heteroatoms. The van der Waals surface area contributed by atoms with Gasteiger partial charge in [-0.05, 0) is 30.3 Å². The molecular formula is C18H18ClN3O3. The van der Waals surface area contributed by atoms with Crippen LogP contribution >= 0.6 is 11.6 Å². The summed E-state index contributed by atoms with van der Waals surface area (Å²) in [5.41, 5.74) is 1.48. The van der Waals surface area contributed by atoms with Crippen molar-refractivity contribution in [3.63, 3.8) is 0 Å². The summed E-state index contributed by atoms with van der Waals surface area (Å²) in [5.74, 6) is -0.123. The van der Waals surface area contributed by atoms with Gasteiger partial charge in [0, 0.05) is 23.8 Å². The zero-order valence-electron chi connectivity index (χ0n) is 13.5. The minimum Gasteiger partial charge on any atom is -0.378 e. The molecule has 3 rings (SSSR count). The van der Waals surface area contributed by atoms with Crippen LogP contribution in [0, 0.1) is 0 Å². The van der Waals surface area contributed by atoms with Crippen LogP contribution in [-0.4, -0.2) is 43.1 Å². The van der Waals surface area contributed by atoms with Crippen molar-refractivity contribution in [2.75, 3.05) is 36.9 Å². The fourth-order valence-corrected chi connectivity index (χ4v) is 2.76. The summed E-state index contributed by atoms with van der Waals surface area (Å²) in [6.07, 6.45) is 0. The molecule has 2 aromatic carbocycles. The number of nitrogens with zero attached hydrogens (tertiary/aromatic N) is 1. The monoisotopic (exact) mass is 359 g/mol. The van der Waals surface area contributed by atoms with Gasteiger partial charge in [-0.3, -0.25) is 4.79 Å². The van der Waals surface area contributed by atoms with Crippen LogP contribution in [0.4, 0.5) is 16.2 Å². The topological polar surface area (TPSA) is 70.7 Å². The SMILES string of the molecule is O=C(Nc1cccc(Cl)c1)Nc1ccccc1C(=O)N1CCOCC1. The Morgan fingerprint density at radius 2 is 1.76 bits per heavy atom. The van der Waals surface area contributed by atoms with E-state index in [0.29, 0.717) is 48.3 Å². The van der Waals surface area contributed by atoms with Crippen LogP contribution in [0.1, 0.15) is 10.4 Å². The minimum atomic E-state index is -0.440. The highest BCUT2D eigenvalue weighted by Crippen LogP contribution is 2.19. The smallest absolute Gasteiger partial charge is 0.323 e. The lowest BCUT2D eigenvalue weighted by atomic mass is 10.1. The van der Waals surface area contributed by atoms with E-state index in [2.05, 4.69) is 10.6 Å². The predicted octanol–water partition coefficient (Wildman–Crippen LogP) is 3.46. The minimum absolute atomic E-state index is 0.123. The van der Waals surface area contributed by atoms with Gasteiger partial charge in [-0.2, -0.15) is 0 Å². The van der Waals surface area contributed by atoms with Crippen molar-refractivity contribution in [3.8, 4) is 0 Å². The van der Waals surface area contributed by atoms with E-state index >= 15 is 0 Å². The number of nitrogens with one attached hydrogen (secondary N) is 2. The number of rotatable bonds is 3. The maximum atomic E-state index is 12.7. The van der Waals surface area contributed by atoms with Gasteiger partial charge in [-0.1, -0.05) is 29.8 Å². The molecule has 3 amide bonds. The molecule has 1 fully saturated rings. The van der Waals surface area contributed by atoms with Gasteiger partial charge < -0.3 is 20.3 Å². The fraction of sp³-hybridized carbons (Fsp3) is 0.222. The second-order valence-corrected chi connectivity index (χ2v) is 5.98. The van der Waals surface area contributed by atoms with Crippen molar-refractivity contribution in [2.24, 2.45) is 0 Å². The number of anilines is 2. The van der Waals surface area contributed by atoms with Gasteiger partial charge in [0.15, 0.2) is 0 Å². The standard InChI is InChI=1S/C18H18ClN3O3/c19-13-4-3-5-14(12-13)20-18(24)21-16-7-2-1-6-15(16)17(23)22-8-10-25-11-9-22/h1-7,12H,8-11H2,(H2,20,21,24). The highest BCUT2D eigenvalue weighted by molar-refractivity contribution is 6.30. The lowest BCUT2D eigenvalue weighted by molar-refractivity contribution is 0.0303. The summed E-state index contributed by atoms with van der Waals surface area (Å²) in [5, 5.41) is 5.95. The maximum Gasteiger partial charge on any atom is 0.323 e. The van der Waals surface area contributed by atoms with Crippen molar-refractivity contribution in [2.45, 2.75) is 0 Å². The number of urea groups is 1. The quantitative estimate of drug-likeness (QED) is 0.881. The number of halogens is 1. The maximum absolute atomic E-state index is 12.7. The van der Waals surface area contributed by atoms with Crippen LogP contribution in [0.3, 0.4) is 0 Å². The highest BCUT2D eigenvalue weighted by atomic mass is 35.5. The summed E-state index contributed by atoms with van der Waals surface area (Å²) >= 11 is 5.91.